The van der Waals surface area contributed by atoms with Crippen molar-refractivity contribution in [2.75, 3.05) is 5.32 Å². The van der Waals surface area contributed by atoms with Gasteiger partial charge in [-0.15, -0.1) is 0 Å². The molecule has 1 aliphatic carbocycles. The van der Waals surface area contributed by atoms with E-state index in [9.17, 15) is 9.59 Å². The largest absolute Gasteiger partial charge is 0.352 e. The van der Waals surface area contributed by atoms with E-state index in [-0.39, 0.29) is 17.7 Å². The summed E-state index contributed by atoms with van der Waals surface area (Å²) in [4.78, 5) is 22.8. The molecule has 2 N–H and O–H groups in total. The number of rotatable bonds is 5. The van der Waals surface area contributed by atoms with Gasteiger partial charge in [0.05, 0.1) is 0 Å². The number of carbonyl (C=O) groups is 2. The van der Waals surface area contributed by atoms with Gasteiger partial charge in [0, 0.05) is 18.2 Å². The van der Waals surface area contributed by atoms with Crippen LogP contribution in [0.3, 0.4) is 0 Å². The van der Waals surface area contributed by atoms with Crippen LogP contribution in [-0.2, 0) is 16.1 Å². The second kappa shape index (κ2) is 5.69. The summed E-state index contributed by atoms with van der Waals surface area (Å²) in [6, 6.07) is 7.38. The number of carbonyl (C=O) groups excluding carboxylic acids is 2. The number of nitrogens with one attached hydrogen (secondary N) is 2. The van der Waals surface area contributed by atoms with Gasteiger partial charge in [-0.2, -0.15) is 0 Å². The molecule has 1 saturated carbocycles. The fraction of sp³-hybridized carbons (Fsp3) is 0.333. The molecule has 1 aliphatic rings. The number of anilines is 1. The molecule has 1 aromatic carbocycles. The molecule has 1 fully saturated rings. The number of amides is 2. The third-order valence-electron chi connectivity index (χ3n) is 3.32. The maximum absolute atomic E-state index is 11.7. The summed E-state index contributed by atoms with van der Waals surface area (Å²) in [6.45, 7) is 6.00. The van der Waals surface area contributed by atoms with Crippen molar-refractivity contribution in [3.05, 3.63) is 42.5 Å². The van der Waals surface area contributed by atoms with Crippen LogP contribution in [0.25, 0.3) is 0 Å². The topological polar surface area (TPSA) is 58.2 Å². The Morgan fingerprint density at radius 2 is 2.00 bits per heavy atom. The average molecular weight is 258 g/mol. The van der Waals surface area contributed by atoms with Crippen molar-refractivity contribution in [2.24, 2.45) is 11.8 Å². The molecule has 0 radical (unpaired) electrons. The van der Waals surface area contributed by atoms with Crippen LogP contribution in [0.1, 0.15) is 18.9 Å². The zero-order chi connectivity index (χ0) is 13.8. The van der Waals surface area contributed by atoms with Crippen molar-refractivity contribution in [1.82, 2.24) is 5.32 Å². The van der Waals surface area contributed by atoms with Crippen molar-refractivity contribution in [3.8, 4) is 0 Å². The minimum atomic E-state index is -0.233. The fourth-order valence-corrected chi connectivity index (χ4v) is 1.91. The Morgan fingerprint density at radius 3 is 2.53 bits per heavy atom. The van der Waals surface area contributed by atoms with Crippen LogP contribution in [0.4, 0.5) is 5.69 Å². The maximum Gasteiger partial charge on any atom is 0.247 e. The van der Waals surface area contributed by atoms with E-state index in [1.54, 1.807) is 0 Å². The van der Waals surface area contributed by atoms with Crippen molar-refractivity contribution >= 4 is 17.5 Å². The van der Waals surface area contributed by atoms with Gasteiger partial charge in [-0.25, -0.2) is 0 Å². The van der Waals surface area contributed by atoms with E-state index in [0.717, 1.165) is 17.7 Å². The van der Waals surface area contributed by atoms with E-state index in [1.165, 1.54) is 6.08 Å². The summed E-state index contributed by atoms with van der Waals surface area (Å²) >= 11 is 0. The predicted molar refractivity (Wildman–Crippen MR) is 74.4 cm³/mol. The first-order valence-corrected chi connectivity index (χ1v) is 6.40. The summed E-state index contributed by atoms with van der Waals surface area (Å²) < 4.78 is 0. The van der Waals surface area contributed by atoms with Crippen LogP contribution < -0.4 is 10.6 Å². The molecule has 0 bridgehead atoms. The van der Waals surface area contributed by atoms with Crippen LogP contribution in [0.2, 0.25) is 0 Å². The standard InChI is InChI=1S/C15H18N2O2/c1-3-14(18)17-12-6-4-11(5-7-12)9-16-15(19)13-8-10(13)2/h3-7,10,13H,1,8-9H2,2H3,(H,16,19)(H,17,18)/t10-,13-/m0/s1. The fourth-order valence-electron chi connectivity index (χ4n) is 1.91. The molecule has 0 spiro atoms. The van der Waals surface area contributed by atoms with Crippen molar-refractivity contribution < 1.29 is 9.59 Å². The van der Waals surface area contributed by atoms with Crippen LogP contribution in [0, 0.1) is 11.8 Å². The Balaban J connectivity index is 1.83. The molecule has 2 rings (SSSR count). The predicted octanol–water partition coefficient (Wildman–Crippen LogP) is 2.08. The zero-order valence-electron chi connectivity index (χ0n) is 11.0. The SMILES string of the molecule is C=CC(=O)Nc1ccc(CNC(=O)[C@H]2C[C@@H]2C)cc1. The molecule has 0 saturated heterocycles. The minimum absolute atomic E-state index is 0.136. The zero-order valence-corrected chi connectivity index (χ0v) is 11.0. The van der Waals surface area contributed by atoms with Gasteiger partial charge in [0.25, 0.3) is 0 Å². The Bertz CT molecular complexity index is 493. The van der Waals surface area contributed by atoms with Crippen LogP contribution >= 0.6 is 0 Å². The third-order valence-corrected chi connectivity index (χ3v) is 3.32. The van der Waals surface area contributed by atoms with Gasteiger partial charge in [0.2, 0.25) is 11.8 Å². The monoisotopic (exact) mass is 258 g/mol. The van der Waals surface area contributed by atoms with Gasteiger partial charge in [0.15, 0.2) is 0 Å². The second-order valence-corrected chi connectivity index (χ2v) is 4.93. The molecule has 2 atom stereocenters. The summed E-state index contributed by atoms with van der Waals surface area (Å²) in [6.07, 6.45) is 2.23. The Morgan fingerprint density at radius 1 is 1.37 bits per heavy atom. The van der Waals surface area contributed by atoms with Gasteiger partial charge in [-0.05, 0) is 36.1 Å². The number of hydrogen-bond acceptors (Lipinski definition) is 2. The molecule has 100 valence electrons. The molecule has 0 unspecified atom stereocenters. The molecule has 19 heavy (non-hydrogen) atoms. The highest BCUT2D eigenvalue weighted by atomic mass is 16.2. The van der Waals surface area contributed by atoms with E-state index in [0.29, 0.717) is 12.5 Å². The highest BCUT2D eigenvalue weighted by Gasteiger charge is 2.38. The van der Waals surface area contributed by atoms with Crippen LogP contribution in [0.15, 0.2) is 36.9 Å². The molecule has 4 nitrogen and oxygen atoms in total. The van der Waals surface area contributed by atoms with Crippen LogP contribution in [-0.4, -0.2) is 11.8 Å². The lowest BCUT2D eigenvalue weighted by atomic mass is 10.2. The second-order valence-electron chi connectivity index (χ2n) is 4.93. The molecule has 0 heterocycles. The van der Waals surface area contributed by atoms with Crippen molar-refractivity contribution in [1.29, 1.82) is 0 Å². The Kier molecular flexibility index (Phi) is 4.00. The smallest absolute Gasteiger partial charge is 0.247 e. The van der Waals surface area contributed by atoms with Gasteiger partial charge >= 0.3 is 0 Å². The van der Waals surface area contributed by atoms with Gasteiger partial charge < -0.3 is 10.6 Å². The Hall–Kier alpha value is -2.10. The molecule has 2 amide bonds. The van der Waals surface area contributed by atoms with Gasteiger partial charge in [0.1, 0.15) is 0 Å². The summed E-state index contributed by atoms with van der Waals surface area (Å²) in [5, 5.41) is 5.59. The van der Waals surface area contributed by atoms with Gasteiger partial charge in [-0.3, -0.25) is 9.59 Å². The summed E-state index contributed by atoms with van der Waals surface area (Å²) in [5.41, 5.74) is 1.73. The Labute approximate surface area is 112 Å². The molecule has 4 heteroatoms. The summed E-state index contributed by atoms with van der Waals surface area (Å²) in [7, 11) is 0. The molecule has 0 aromatic heterocycles. The first-order chi connectivity index (χ1) is 9.10. The first-order valence-electron chi connectivity index (χ1n) is 6.40. The highest BCUT2D eigenvalue weighted by Crippen LogP contribution is 2.37. The lowest BCUT2D eigenvalue weighted by Gasteiger charge is -2.06. The molecular formula is C15H18N2O2. The first kappa shape index (κ1) is 13.3. The lowest BCUT2D eigenvalue weighted by molar-refractivity contribution is -0.122. The lowest BCUT2D eigenvalue weighted by Crippen LogP contribution is -2.24. The van der Waals surface area contributed by atoms with E-state index in [2.05, 4.69) is 24.1 Å². The number of benzene rings is 1. The number of hydrogen-bond donors (Lipinski definition) is 2. The van der Waals surface area contributed by atoms with E-state index >= 15 is 0 Å². The van der Waals surface area contributed by atoms with E-state index < -0.39 is 0 Å². The van der Waals surface area contributed by atoms with Gasteiger partial charge in [-0.1, -0.05) is 25.6 Å². The molecule has 1 aromatic rings. The molecular weight excluding hydrogens is 240 g/mol. The highest BCUT2D eigenvalue weighted by molar-refractivity contribution is 5.98. The van der Waals surface area contributed by atoms with Crippen LogP contribution in [0.5, 0.6) is 0 Å². The third kappa shape index (κ3) is 3.68. The summed E-state index contributed by atoms with van der Waals surface area (Å²) in [5.74, 6) is 0.628. The van der Waals surface area contributed by atoms with Crippen molar-refractivity contribution in [3.63, 3.8) is 0 Å². The average Bonchev–Trinajstić information content (AvgIpc) is 3.14. The quantitative estimate of drug-likeness (QED) is 0.794. The van der Waals surface area contributed by atoms with E-state index in [1.807, 2.05) is 24.3 Å². The maximum atomic E-state index is 11.7. The molecule has 0 aliphatic heterocycles. The van der Waals surface area contributed by atoms with Crippen molar-refractivity contribution in [2.45, 2.75) is 19.9 Å². The minimum Gasteiger partial charge on any atom is -0.352 e. The normalized spacial score (nSPS) is 20.5. The van der Waals surface area contributed by atoms with E-state index in [4.69, 9.17) is 0 Å².